The van der Waals surface area contributed by atoms with Crippen LogP contribution in [0.2, 0.25) is 0 Å². The number of aliphatic imine (C=N–C) groups is 1. The van der Waals surface area contributed by atoms with Gasteiger partial charge in [0.05, 0.1) is 0 Å². The summed E-state index contributed by atoms with van der Waals surface area (Å²) in [4.78, 5) is 31.7. The van der Waals surface area contributed by atoms with E-state index in [-0.39, 0.29) is 0 Å². The second-order valence-corrected chi connectivity index (χ2v) is 5.15. The van der Waals surface area contributed by atoms with E-state index in [1.807, 2.05) is 32.0 Å². The number of benzene rings is 1. The second kappa shape index (κ2) is 5.14. The first-order chi connectivity index (χ1) is 10.1. The fourth-order valence-electron chi connectivity index (χ4n) is 2.58. The fraction of sp³-hybridized carbons (Fsp3) is 0.267. The summed E-state index contributed by atoms with van der Waals surface area (Å²) in [6, 6.07) is 5.78. The van der Waals surface area contributed by atoms with Gasteiger partial charge in [-0.1, -0.05) is 12.1 Å². The van der Waals surface area contributed by atoms with Crippen LogP contribution in [0.1, 0.15) is 11.1 Å². The molecular weight excluding hydrogens is 268 g/mol. The summed E-state index contributed by atoms with van der Waals surface area (Å²) in [5, 5.41) is 1.73. The Labute approximate surface area is 122 Å². The zero-order chi connectivity index (χ0) is 15.0. The molecule has 0 unspecified atom stereocenters. The van der Waals surface area contributed by atoms with E-state index in [0.717, 1.165) is 16.8 Å². The highest BCUT2D eigenvalue weighted by Gasteiger charge is 2.37. The van der Waals surface area contributed by atoms with Gasteiger partial charge >= 0.3 is 11.8 Å². The number of nitrogens with two attached hydrogens (primary N) is 1. The van der Waals surface area contributed by atoms with Crippen LogP contribution in [0.15, 0.2) is 35.2 Å². The summed E-state index contributed by atoms with van der Waals surface area (Å²) in [5.41, 5.74) is 2.95. The summed E-state index contributed by atoms with van der Waals surface area (Å²) in [7, 11) is 0. The lowest BCUT2D eigenvalue weighted by Gasteiger charge is -2.33. The SMILES string of the molecule is Cc1cccc(N2CCN(C3=CN=C[NH2+]3)C(=O)C2=O)c1C. The number of piperazine rings is 1. The van der Waals surface area contributed by atoms with Crippen molar-refractivity contribution in [3.8, 4) is 0 Å². The molecule has 1 fully saturated rings. The van der Waals surface area contributed by atoms with Gasteiger partial charge in [0.15, 0.2) is 6.34 Å². The Morgan fingerprint density at radius 3 is 2.52 bits per heavy atom. The highest BCUT2D eigenvalue weighted by Crippen LogP contribution is 2.25. The van der Waals surface area contributed by atoms with Crippen LogP contribution in [-0.2, 0) is 9.59 Å². The van der Waals surface area contributed by atoms with Crippen molar-refractivity contribution in [2.45, 2.75) is 13.8 Å². The van der Waals surface area contributed by atoms with Gasteiger partial charge in [-0.05, 0) is 31.0 Å². The molecule has 0 saturated carbocycles. The largest absolute Gasteiger partial charge is 0.320 e. The topological polar surface area (TPSA) is 69.6 Å². The Balaban J connectivity index is 1.86. The summed E-state index contributed by atoms with van der Waals surface area (Å²) < 4.78 is 0. The summed E-state index contributed by atoms with van der Waals surface area (Å²) in [6.07, 6.45) is 3.21. The van der Waals surface area contributed by atoms with Crippen LogP contribution >= 0.6 is 0 Å². The zero-order valence-corrected chi connectivity index (χ0v) is 12.0. The van der Waals surface area contributed by atoms with Gasteiger partial charge < -0.3 is 4.90 Å². The van der Waals surface area contributed by atoms with Gasteiger partial charge in [-0.15, -0.1) is 0 Å². The van der Waals surface area contributed by atoms with E-state index >= 15 is 0 Å². The smallest absolute Gasteiger partial charge is 0.302 e. The third kappa shape index (κ3) is 2.23. The van der Waals surface area contributed by atoms with Crippen molar-refractivity contribution in [2.24, 2.45) is 4.99 Å². The molecule has 3 rings (SSSR count). The molecule has 2 aliphatic heterocycles. The third-order valence-electron chi connectivity index (χ3n) is 3.94. The summed E-state index contributed by atoms with van der Waals surface area (Å²) in [6.45, 7) is 4.93. The number of nitrogens with zero attached hydrogens (tertiary/aromatic N) is 3. The van der Waals surface area contributed by atoms with Crippen molar-refractivity contribution < 1.29 is 14.9 Å². The number of hydrogen-bond donors (Lipinski definition) is 1. The Hall–Kier alpha value is -2.47. The lowest BCUT2D eigenvalue weighted by molar-refractivity contribution is -0.487. The molecule has 1 aromatic carbocycles. The molecule has 108 valence electrons. The number of anilines is 1. The monoisotopic (exact) mass is 285 g/mol. The van der Waals surface area contributed by atoms with Crippen molar-refractivity contribution in [3.05, 3.63) is 41.3 Å². The average Bonchev–Trinajstić information content (AvgIpc) is 2.99. The third-order valence-corrected chi connectivity index (χ3v) is 3.94. The average molecular weight is 285 g/mol. The van der Waals surface area contributed by atoms with Crippen LogP contribution in [0.25, 0.3) is 0 Å². The Kier molecular flexibility index (Phi) is 3.31. The normalized spacial score (nSPS) is 18.5. The van der Waals surface area contributed by atoms with Gasteiger partial charge in [0.1, 0.15) is 6.20 Å². The highest BCUT2D eigenvalue weighted by molar-refractivity contribution is 6.41. The number of quaternary nitrogens is 1. The minimum absolute atomic E-state index is 0.476. The molecule has 0 aromatic heterocycles. The van der Waals surface area contributed by atoms with E-state index in [4.69, 9.17) is 0 Å². The van der Waals surface area contributed by atoms with E-state index in [0.29, 0.717) is 18.9 Å². The van der Waals surface area contributed by atoms with Crippen LogP contribution < -0.4 is 10.2 Å². The lowest BCUT2D eigenvalue weighted by atomic mass is 10.1. The minimum Gasteiger partial charge on any atom is -0.302 e. The zero-order valence-electron chi connectivity index (χ0n) is 12.0. The maximum atomic E-state index is 12.4. The number of rotatable bonds is 2. The van der Waals surface area contributed by atoms with Gasteiger partial charge in [0, 0.05) is 18.8 Å². The van der Waals surface area contributed by atoms with Gasteiger partial charge in [0.2, 0.25) is 5.82 Å². The molecule has 0 radical (unpaired) electrons. The second-order valence-electron chi connectivity index (χ2n) is 5.15. The highest BCUT2D eigenvalue weighted by atomic mass is 16.2. The maximum Gasteiger partial charge on any atom is 0.320 e. The number of carbonyl (C=O) groups is 2. The van der Waals surface area contributed by atoms with E-state index in [1.54, 1.807) is 22.8 Å². The molecule has 2 aliphatic rings. The molecule has 1 aromatic rings. The number of aryl methyl sites for hydroxylation is 1. The molecule has 2 amide bonds. The van der Waals surface area contributed by atoms with Crippen molar-refractivity contribution in [2.75, 3.05) is 18.0 Å². The molecule has 1 saturated heterocycles. The first-order valence-electron chi connectivity index (χ1n) is 6.86. The Bertz CT molecular complexity index is 678. The molecule has 0 aliphatic carbocycles. The van der Waals surface area contributed by atoms with Crippen LogP contribution in [-0.4, -0.2) is 36.1 Å². The Morgan fingerprint density at radius 1 is 1.10 bits per heavy atom. The van der Waals surface area contributed by atoms with Gasteiger partial charge in [-0.25, -0.2) is 4.99 Å². The molecule has 2 heterocycles. The standard InChI is InChI=1S/C15H16N4O2/c1-10-4-3-5-12(11(10)2)18-6-7-19(15(21)14(18)20)13-8-16-9-17-13/h3-5,8-9H,6-7H2,1-2H3,(H,16,17)/p+1. The van der Waals surface area contributed by atoms with E-state index in [1.165, 1.54) is 4.90 Å². The van der Waals surface area contributed by atoms with Crippen molar-refractivity contribution in [1.29, 1.82) is 0 Å². The van der Waals surface area contributed by atoms with Gasteiger partial charge in [-0.3, -0.25) is 19.8 Å². The van der Waals surface area contributed by atoms with Gasteiger partial charge in [-0.2, -0.15) is 0 Å². The molecule has 2 N–H and O–H groups in total. The van der Waals surface area contributed by atoms with Crippen LogP contribution in [0.4, 0.5) is 5.69 Å². The minimum atomic E-state index is -0.504. The van der Waals surface area contributed by atoms with Crippen molar-refractivity contribution in [1.82, 2.24) is 4.90 Å². The first kappa shape index (κ1) is 13.5. The fourth-order valence-corrected chi connectivity index (χ4v) is 2.58. The molecule has 0 atom stereocenters. The lowest BCUT2D eigenvalue weighted by Crippen LogP contribution is -2.83. The number of amides is 2. The van der Waals surface area contributed by atoms with Crippen LogP contribution in [0, 0.1) is 13.8 Å². The summed E-state index contributed by atoms with van der Waals surface area (Å²) >= 11 is 0. The quantitative estimate of drug-likeness (QED) is 0.770. The van der Waals surface area contributed by atoms with Crippen molar-refractivity contribution >= 4 is 23.8 Å². The van der Waals surface area contributed by atoms with Crippen LogP contribution in [0.5, 0.6) is 0 Å². The first-order valence-corrected chi connectivity index (χ1v) is 6.86. The number of hydrogen-bond acceptors (Lipinski definition) is 3. The van der Waals surface area contributed by atoms with Crippen LogP contribution in [0.3, 0.4) is 0 Å². The molecule has 6 nitrogen and oxygen atoms in total. The molecule has 21 heavy (non-hydrogen) atoms. The molecule has 6 heteroatoms. The number of carbonyl (C=O) groups excluding carboxylic acids is 2. The van der Waals surface area contributed by atoms with Gasteiger partial charge in [0.25, 0.3) is 0 Å². The van der Waals surface area contributed by atoms with Crippen molar-refractivity contribution in [3.63, 3.8) is 0 Å². The van der Waals surface area contributed by atoms with E-state index < -0.39 is 11.8 Å². The predicted octanol–water partition coefficient (Wildman–Crippen LogP) is -0.117. The predicted molar refractivity (Wildman–Crippen MR) is 78.5 cm³/mol. The Morgan fingerprint density at radius 2 is 1.81 bits per heavy atom. The van der Waals surface area contributed by atoms with E-state index in [2.05, 4.69) is 4.99 Å². The maximum absolute atomic E-state index is 12.4. The molecular formula is C15H17N4O2+. The molecule has 0 spiro atoms. The molecule has 0 bridgehead atoms. The van der Waals surface area contributed by atoms with E-state index in [9.17, 15) is 9.59 Å². The summed E-state index contributed by atoms with van der Waals surface area (Å²) in [5.74, 6) is -0.319.